The fraction of sp³-hybridized carbons (Fsp3) is 0.333. The smallest absolute Gasteiger partial charge is 0.118 e. The average molecular weight is 174 g/mol. The van der Waals surface area contributed by atoms with Crippen LogP contribution in [0.3, 0.4) is 0 Å². The molecule has 1 aliphatic rings. The molecule has 1 saturated carbocycles. The van der Waals surface area contributed by atoms with Crippen molar-refractivity contribution in [2.45, 2.75) is 12.8 Å². The molecule has 0 aliphatic heterocycles. The Bertz CT molecular complexity index is 310. The van der Waals surface area contributed by atoms with Crippen molar-refractivity contribution >= 4 is 0 Å². The fourth-order valence-electron chi connectivity index (χ4n) is 1.52. The first-order valence-corrected chi connectivity index (χ1v) is 4.60. The van der Waals surface area contributed by atoms with Gasteiger partial charge in [0.15, 0.2) is 0 Å². The molecule has 0 saturated heterocycles. The largest absolute Gasteiger partial charge is 0.497 e. The van der Waals surface area contributed by atoms with Crippen LogP contribution in [0.15, 0.2) is 36.4 Å². The van der Waals surface area contributed by atoms with Crippen molar-refractivity contribution < 1.29 is 4.74 Å². The van der Waals surface area contributed by atoms with Gasteiger partial charge in [0.25, 0.3) is 0 Å². The van der Waals surface area contributed by atoms with E-state index in [1.54, 1.807) is 7.11 Å². The zero-order chi connectivity index (χ0) is 9.26. The summed E-state index contributed by atoms with van der Waals surface area (Å²) in [6, 6.07) is 8.29. The van der Waals surface area contributed by atoms with Crippen LogP contribution < -0.4 is 4.74 Å². The van der Waals surface area contributed by atoms with Crippen molar-refractivity contribution in [2.24, 2.45) is 5.92 Å². The van der Waals surface area contributed by atoms with Crippen molar-refractivity contribution in [1.29, 1.82) is 0 Å². The second-order valence-corrected chi connectivity index (χ2v) is 3.61. The molecule has 13 heavy (non-hydrogen) atoms. The Kier molecular flexibility index (Phi) is 2.09. The predicted molar refractivity (Wildman–Crippen MR) is 53.9 cm³/mol. The Morgan fingerprint density at radius 3 is 2.46 bits per heavy atom. The minimum atomic E-state index is 0.744. The summed E-state index contributed by atoms with van der Waals surface area (Å²) in [5, 5.41) is 0. The van der Waals surface area contributed by atoms with Crippen LogP contribution in [-0.2, 0) is 6.42 Å². The molecule has 0 N–H and O–H groups in total. The minimum absolute atomic E-state index is 0.744. The van der Waals surface area contributed by atoms with E-state index in [2.05, 4.69) is 18.7 Å². The number of allylic oxidation sites excluding steroid dienone is 1. The SMILES string of the molecule is C=C1CC1Cc1ccc(OC)cc1. The van der Waals surface area contributed by atoms with Gasteiger partial charge in [-0.25, -0.2) is 0 Å². The van der Waals surface area contributed by atoms with Crippen LogP contribution in [0.2, 0.25) is 0 Å². The quantitative estimate of drug-likeness (QED) is 0.640. The highest BCUT2D eigenvalue weighted by Gasteiger charge is 2.26. The maximum absolute atomic E-state index is 5.09. The maximum Gasteiger partial charge on any atom is 0.118 e. The third-order valence-electron chi connectivity index (χ3n) is 2.57. The minimum Gasteiger partial charge on any atom is -0.497 e. The van der Waals surface area contributed by atoms with Crippen molar-refractivity contribution in [2.75, 3.05) is 7.11 Å². The van der Waals surface area contributed by atoms with Gasteiger partial charge in [0.2, 0.25) is 0 Å². The van der Waals surface area contributed by atoms with Crippen molar-refractivity contribution in [3.8, 4) is 5.75 Å². The summed E-state index contributed by atoms with van der Waals surface area (Å²) >= 11 is 0. The van der Waals surface area contributed by atoms with Gasteiger partial charge in [-0.05, 0) is 36.5 Å². The summed E-state index contributed by atoms with van der Waals surface area (Å²) in [6.45, 7) is 3.95. The first-order chi connectivity index (χ1) is 6.29. The summed E-state index contributed by atoms with van der Waals surface area (Å²) < 4.78 is 5.09. The molecular formula is C12H14O. The third kappa shape index (κ3) is 1.92. The van der Waals surface area contributed by atoms with Crippen LogP contribution >= 0.6 is 0 Å². The highest BCUT2D eigenvalue weighted by atomic mass is 16.5. The van der Waals surface area contributed by atoms with Crippen LogP contribution in [0.4, 0.5) is 0 Å². The van der Waals surface area contributed by atoms with E-state index in [0.29, 0.717) is 0 Å². The standard InChI is InChI=1S/C12H14O/c1-9-7-11(9)8-10-3-5-12(13-2)6-4-10/h3-6,11H,1,7-8H2,2H3. The Balaban J connectivity index is 2.01. The van der Waals surface area contributed by atoms with Gasteiger partial charge in [-0.15, -0.1) is 0 Å². The Morgan fingerprint density at radius 2 is 2.00 bits per heavy atom. The van der Waals surface area contributed by atoms with Gasteiger partial charge >= 0.3 is 0 Å². The summed E-state index contributed by atoms with van der Waals surface area (Å²) in [4.78, 5) is 0. The van der Waals surface area contributed by atoms with Crippen molar-refractivity contribution in [1.82, 2.24) is 0 Å². The van der Waals surface area contributed by atoms with Gasteiger partial charge < -0.3 is 4.74 Å². The summed E-state index contributed by atoms with van der Waals surface area (Å²) in [5.41, 5.74) is 2.78. The van der Waals surface area contributed by atoms with Crippen molar-refractivity contribution in [3.05, 3.63) is 42.0 Å². The maximum atomic E-state index is 5.09. The number of methoxy groups -OCH3 is 1. The van der Waals surface area contributed by atoms with E-state index >= 15 is 0 Å². The lowest BCUT2D eigenvalue weighted by Crippen LogP contribution is -1.87. The van der Waals surface area contributed by atoms with E-state index in [1.807, 2.05) is 12.1 Å². The van der Waals surface area contributed by atoms with E-state index in [1.165, 1.54) is 17.6 Å². The molecule has 1 atom stereocenters. The van der Waals surface area contributed by atoms with Crippen LogP contribution in [0.5, 0.6) is 5.75 Å². The number of hydrogen-bond donors (Lipinski definition) is 0. The van der Waals surface area contributed by atoms with E-state index in [9.17, 15) is 0 Å². The molecule has 0 aromatic heterocycles. The van der Waals surface area contributed by atoms with E-state index < -0.39 is 0 Å². The summed E-state index contributed by atoms with van der Waals surface area (Å²) in [6.07, 6.45) is 2.36. The van der Waals surface area contributed by atoms with Crippen molar-refractivity contribution in [3.63, 3.8) is 0 Å². The monoisotopic (exact) mass is 174 g/mol. The summed E-state index contributed by atoms with van der Waals surface area (Å²) in [7, 11) is 1.69. The topological polar surface area (TPSA) is 9.23 Å². The molecule has 1 fully saturated rings. The molecule has 68 valence electrons. The van der Waals surface area contributed by atoms with Gasteiger partial charge in [-0.3, -0.25) is 0 Å². The molecule has 1 nitrogen and oxygen atoms in total. The molecule has 1 heteroatoms. The number of rotatable bonds is 3. The predicted octanol–water partition coefficient (Wildman–Crippen LogP) is 2.81. The van der Waals surface area contributed by atoms with Crippen LogP contribution in [0.25, 0.3) is 0 Å². The number of ether oxygens (including phenoxy) is 1. The normalized spacial score (nSPS) is 20.1. The Labute approximate surface area is 79.0 Å². The first-order valence-electron chi connectivity index (χ1n) is 4.60. The molecular weight excluding hydrogens is 160 g/mol. The number of hydrogen-bond acceptors (Lipinski definition) is 1. The summed E-state index contributed by atoms with van der Waals surface area (Å²) in [5.74, 6) is 1.67. The molecule has 0 spiro atoms. The molecule has 1 aliphatic carbocycles. The molecule has 0 amide bonds. The first kappa shape index (κ1) is 8.36. The van der Waals surface area contributed by atoms with Gasteiger partial charge in [0.1, 0.15) is 5.75 Å². The van der Waals surface area contributed by atoms with E-state index in [-0.39, 0.29) is 0 Å². The Hall–Kier alpha value is -1.24. The van der Waals surface area contributed by atoms with Gasteiger partial charge in [0, 0.05) is 0 Å². The molecule has 0 bridgehead atoms. The lowest BCUT2D eigenvalue weighted by molar-refractivity contribution is 0.414. The molecule has 2 rings (SSSR count). The second-order valence-electron chi connectivity index (χ2n) is 3.61. The zero-order valence-electron chi connectivity index (χ0n) is 7.92. The van der Waals surface area contributed by atoms with Gasteiger partial charge in [-0.1, -0.05) is 24.3 Å². The third-order valence-corrected chi connectivity index (χ3v) is 2.57. The highest BCUT2D eigenvalue weighted by molar-refractivity contribution is 5.30. The zero-order valence-corrected chi connectivity index (χ0v) is 7.92. The lowest BCUT2D eigenvalue weighted by atomic mass is 10.1. The molecule has 0 radical (unpaired) electrons. The van der Waals surface area contributed by atoms with Crippen LogP contribution in [-0.4, -0.2) is 7.11 Å². The van der Waals surface area contributed by atoms with E-state index in [4.69, 9.17) is 4.74 Å². The van der Waals surface area contributed by atoms with Crippen LogP contribution in [0, 0.1) is 5.92 Å². The molecule has 1 unspecified atom stereocenters. The van der Waals surface area contributed by atoms with Crippen LogP contribution in [0.1, 0.15) is 12.0 Å². The second kappa shape index (κ2) is 3.25. The van der Waals surface area contributed by atoms with Gasteiger partial charge in [0.05, 0.1) is 7.11 Å². The molecule has 0 heterocycles. The van der Waals surface area contributed by atoms with E-state index in [0.717, 1.165) is 18.1 Å². The Morgan fingerprint density at radius 1 is 1.38 bits per heavy atom. The molecule has 1 aromatic carbocycles. The van der Waals surface area contributed by atoms with Gasteiger partial charge in [-0.2, -0.15) is 0 Å². The number of benzene rings is 1. The fourth-order valence-corrected chi connectivity index (χ4v) is 1.52. The average Bonchev–Trinajstić information content (AvgIpc) is 2.83. The lowest BCUT2D eigenvalue weighted by Gasteiger charge is -2.01. The highest BCUT2D eigenvalue weighted by Crippen LogP contribution is 2.38. The molecule has 1 aromatic rings.